The molecule has 152 valence electrons. The van der Waals surface area contributed by atoms with Gasteiger partial charge in [0.2, 0.25) is 0 Å². The molecule has 2 aliphatic rings. The lowest BCUT2D eigenvalue weighted by Gasteiger charge is -2.42. The molecule has 2 aliphatic carbocycles. The number of allylic oxidation sites excluding steroid dienone is 2. The normalized spacial score (nSPS) is 26.4. The maximum absolute atomic E-state index is 6.46. The number of oxazole rings is 1. The van der Waals surface area contributed by atoms with E-state index in [4.69, 9.17) is 9.40 Å². The third-order valence-corrected chi connectivity index (χ3v) is 7.24. The first kappa shape index (κ1) is 19.7. The molecule has 4 rings (SSSR count). The van der Waals surface area contributed by atoms with Crippen LogP contribution in [-0.4, -0.2) is 4.98 Å². The van der Waals surface area contributed by atoms with Crippen LogP contribution in [0.3, 0.4) is 0 Å². The van der Waals surface area contributed by atoms with E-state index in [1.165, 1.54) is 55.2 Å². The summed E-state index contributed by atoms with van der Waals surface area (Å²) in [5.41, 5.74) is 9.80. The lowest BCUT2D eigenvalue weighted by Crippen LogP contribution is -2.28. The Kier molecular flexibility index (Phi) is 5.42. The van der Waals surface area contributed by atoms with E-state index in [1.54, 1.807) is 11.1 Å². The number of nitrogens with zero attached hydrogens (tertiary/aromatic N) is 1. The predicted molar refractivity (Wildman–Crippen MR) is 118 cm³/mol. The van der Waals surface area contributed by atoms with Crippen molar-refractivity contribution in [3.8, 4) is 0 Å². The standard InChI is InChI=1S/C26H37NO/c1-7-8-9-10-21-27-25-18(6)23-19(13-15(2)3)14-17(5)20-12-11-16(4)22(24(20)23)26(25)28-21/h13,16-17,19-20H,7-12,14H2,1-6H3/t16-,17-,19+,20+/m0/s1. The van der Waals surface area contributed by atoms with Crippen molar-refractivity contribution in [3.05, 3.63) is 39.8 Å². The molecule has 0 radical (unpaired) electrons. The average Bonchev–Trinajstić information content (AvgIpc) is 3.05. The van der Waals surface area contributed by atoms with Crippen molar-refractivity contribution in [1.29, 1.82) is 0 Å². The largest absolute Gasteiger partial charge is 0.440 e. The zero-order valence-corrected chi connectivity index (χ0v) is 18.7. The molecule has 0 saturated carbocycles. The summed E-state index contributed by atoms with van der Waals surface area (Å²) in [6.07, 6.45) is 11.0. The molecule has 0 fully saturated rings. The summed E-state index contributed by atoms with van der Waals surface area (Å²) in [6.45, 7) is 13.9. The van der Waals surface area contributed by atoms with Gasteiger partial charge in [-0.3, -0.25) is 0 Å². The van der Waals surface area contributed by atoms with Crippen molar-refractivity contribution < 1.29 is 4.42 Å². The number of aromatic nitrogens is 1. The van der Waals surface area contributed by atoms with Crippen LogP contribution in [0.2, 0.25) is 0 Å². The number of aryl methyl sites for hydroxylation is 2. The molecule has 2 aromatic rings. The van der Waals surface area contributed by atoms with Gasteiger partial charge in [0.15, 0.2) is 11.5 Å². The molecule has 1 aromatic heterocycles. The Morgan fingerprint density at radius 3 is 2.61 bits per heavy atom. The summed E-state index contributed by atoms with van der Waals surface area (Å²) >= 11 is 0. The number of unbranched alkanes of at least 4 members (excludes halogenated alkanes) is 2. The SMILES string of the molecule is CCCCCc1nc2c(C)c3c4c(c2o1)[C@@H](C)CC[C@@H]4[C@@H](C)C[C@H]3C=C(C)C. The number of rotatable bonds is 5. The summed E-state index contributed by atoms with van der Waals surface area (Å²) in [4.78, 5) is 5.03. The van der Waals surface area contributed by atoms with Crippen LogP contribution in [0, 0.1) is 12.8 Å². The maximum Gasteiger partial charge on any atom is 0.195 e. The predicted octanol–water partition coefficient (Wildman–Crippen LogP) is 7.94. The third-order valence-electron chi connectivity index (χ3n) is 7.24. The smallest absolute Gasteiger partial charge is 0.195 e. The fourth-order valence-corrected chi connectivity index (χ4v) is 5.92. The fraction of sp³-hybridized carbons (Fsp3) is 0.654. The van der Waals surface area contributed by atoms with E-state index in [2.05, 4.69) is 47.6 Å². The molecule has 0 spiro atoms. The van der Waals surface area contributed by atoms with Crippen molar-refractivity contribution in [2.24, 2.45) is 5.92 Å². The zero-order chi connectivity index (χ0) is 20.0. The molecule has 0 saturated heterocycles. The molecule has 4 atom stereocenters. The van der Waals surface area contributed by atoms with E-state index < -0.39 is 0 Å². The number of fused-ring (bicyclic) bond motifs is 2. The van der Waals surface area contributed by atoms with Crippen molar-refractivity contribution in [1.82, 2.24) is 4.98 Å². The molecule has 0 amide bonds. The Bertz CT molecular complexity index is 899. The van der Waals surface area contributed by atoms with Gasteiger partial charge in [-0.25, -0.2) is 4.98 Å². The van der Waals surface area contributed by atoms with E-state index in [1.807, 2.05) is 0 Å². The van der Waals surface area contributed by atoms with Crippen LogP contribution in [0.4, 0.5) is 0 Å². The summed E-state index contributed by atoms with van der Waals surface area (Å²) in [5.74, 6) is 3.48. The molecule has 1 heterocycles. The highest BCUT2D eigenvalue weighted by Crippen LogP contribution is 2.55. The van der Waals surface area contributed by atoms with Crippen LogP contribution in [0.1, 0.15) is 119 Å². The second-order valence-electron chi connectivity index (χ2n) is 9.76. The molecule has 0 unspecified atom stereocenters. The summed E-state index contributed by atoms with van der Waals surface area (Å²) in [7, 11) is 0. The van der Waals surface area contributed by atoms with E-state index >= 15 is 0 Å². The topological polar surface area (TPSA) is 26.0 Å². The summed E-state index contributed by atoms with van der Waals surface area (Å²) in [5, 5.41) is 0. The minimum Gasteiger partial charge on any atom is -0.440 e. The van der Waals surface area contributed by atoms with E-state index in [9.17, 15) is 0 Å². The van der Waals surface area contributed by atoms with Gasteiger partial charge < -0.3 is 4.42 Å². The highest BCUT2D eigenvalue weighted by Gasteiger charge is 2.40. The minimum atomic E-state index is 0.528. The zero-order valence-electron chi connectivity index (χ0n) is 18.7. The lowest BCUT2D eigenvalue weighted by atomic mass is 9.62. The molecule has 1 aromatic carbocycles. The molecule has 0 aliphatic heterocycles. The maximum atomic E-state index is 6.46. The lowest BCUT2D eigenvalue weighted by molar-refractivity contribution is 0.332. The van der Waals surface area contributed by atoms with E-state index in [0.29, 0.717) is 17.8 Å². The first-order valence-corrected chi connectivity index (χ1v) is 11.5. The summed E-state index contributed by atoms with van der Waals surface area (Å²) < 4.78 is 6.46. The second kappa shape index (κ2) is 7.69. The van der Waals surface area contributed by atoms with Gasteiger partial charge in [0.25, 0.3) is 0 Å². The van der Waals surface area contributed by atoms with Gasteiger partial charge in [-0.2, -0.15) is 0 Å². The third kappa shape index (κ3) is 3.23. The monoisotopic (exact) mass is 379 g/mol. The van der Waals surface area contributed by atoms with Crippen LogP contribution in [0.5, 0.6) is 0 Å². The van der Waals surface area contributed by atoms with Crippen molar-refractivity contribution in [3.63, 3.8) is 0 Å². The number of hydrogen-bond acceptors (Lipinski definition) is 2. The quantitative estimate of drug-likeness (QED) is 0.389. The minimum absolute atomic E-state index is 0.528. The van der Waals surface area contributed by atoms with Gasteiger partial charge in [-0.05, 0) is 80.9 Å². The van der Waals surface area contributed by atoms with E-state index in [0.717, 1.165) is 29.3 Å². The van der Waals surface area contributed by atoms with Gasteiger partial charge in [-0.15, -0.1) is 0 Å². The molecule has 2 nitrogen and oxygen atoms in total. The first-order valence-electron chi connectivity index (χ1n) is 11.5. The van der Waals surface area contributed by atoms with E-state index in [-0.39, 0.29) is 0 Å². The Balaban J connectivity index is 1.94. The van der Waals surface area contributed by atoms with Crippen molar-refractivity contribution in [2.75, 3.05) is 0 Å². The van der Waals surface area contributed by atoms with Crippen LogP contribution in [-0.2, 0) is 6.42 Å². The van der Waals surface area contributed by atoms with Crippen LogP contribution >= 0.6 is 0 Å². The number of benzene rings is 1. The highest BCUT2D eigenvalue weighted by molar-refractivity contribution is 5.85. The fourth-order valence-electron chi connectivity index (χ4n) is 5.92. The Morgan fingerprint density at radius 2 is 1.89 bits per heavy atom. The van der Waals surface area contributed by atoms with Crippen molar-refractivity contribution in [2.45, 2.75) is 104 Å². The summed E-state index contributed by atoms with van der Waals surface area (Å²) in [6, 6.07) is 0. The first-order chi connectivity index (χ1) is 13.4. The molecule has 0 N–H and O–H groups in total. The van der Waals surface area contributed by atoms with Gasteiger partial charge >= 0.3 is 0 Å². The van der Waals surface area contributed by atoms with Gasteiger partial charge in [0.05, 0.1) is 0 Å². The molecule has 28 heavy (non-hydrogen) atoms. The van der Waals surface area contributed by atoms with Crippen LogP contribution in [0.25, 0.3) is 11.1 Å². The Labute approximate surface area is 170 Å². The van der Waals surface area contributed by atoms with Gasteiger partial charge in [-0.1, -0.05) is 45.3 Å². The van der Waals surface area contributed by atoms with Crippen LogP contribution < -0.4 is 0 Å². The Morgan fingerprint density at radius 1 is 1.11 bits per heavy atom. The highest BCUT2D eigenvalue weighted by atomic mass is 16.3. The Hall–Kier alpha value is -1.57. The van der Waals surface area contributed by atoms with Crippen molar-refractivity contribution >= 4 is 11.1 Å². The molecule has 2 heteroatoms. The van der Waals surface area contributed by atoms with Gasteiger partial charge in [0, 0.05) is 17.9 Å². The molecular formula is C26H37NO. The van der Waals surface area contributed by atoms with Crippen LogP contribution in [0.15, 0.2) is 16.1 Å². The number of hydrogen-bond donors (Lipinski definition) is 0. The molecular weight excluding hydrogens is 342 g/mol. The second-order valence-corrected chi connectivity index (χ2v) is 9.76. The molecule has 0 bridgehead atoms. The average molecular weight is 380 g/mol. The van der Waals surface area contributed by atoms with Gasteiger partial charge in [0.1, 0.15) is 5.52 Å².